The minimum atomic E-state index is -0.483. The number of fused-ring (bicyclic) bond motifs is 1. The van der Waals surface area contributed by atoms with Crippen molar-refractivity contribution in [1.82, 2.24) is 9.97 Å². The van der Waals surface area contributed by atoms with Crippen molar-refractivity contribution in [2.45, 2.75) is 27.2 Å². The maximum Gasteiger partial charge on any atom is 0.250 e. The summed E-state index contributed by atoms with van der Waals surface area (Å²) in [6, 6.07) is 10.6. The summed E-state index contributed by atoms with van der Waals surface area (Å²) >= 11 is 0. The van der Waals surface area contributed by atoms with Crippen LogP contribution in [0, 0.1) is 29.0 Å². The lowest BCUT2D eigenvalue weighted by Gasteiger charge is -2.15. The van der Waals surface area contributed by atoms with Crippen LogP contribution in [-0.4, -0.2) is 16.6 Å². The molecule has 0 saturated carbocycles. The molecule has 3 aromatic rings. The average molecular weight is 363 g/mol. The molecule has 0 radical (unpaired) electrons. The summed E-state index contributed by atoms with van der Waals surface area (Å²) in [5, 5.41) is 9.88. The number of hydrogen-bond acceptors (Lipinski definition) is 4. The Morgan fingerprint density at radius 1 is 1.15 bits per heavy atom. The Kier molecular flexibility index (Phi) is 5.66. The van der Waals surface area contributed by atoms with Crippen LogP contribution in [0.25, 0.3) is 22.0 Å². The molecule has 0 bridgehead atoms. The zero-order valence-corrected chi connectivity index (χ0v) is 15.7. The molecule has 5 heteroatoms. The molecule has 3 rings (SSSR count). The highest BCUT2D eigenvalue weighted by Crippen LogP contribution is 2.29. The van der Waals surface area contributed by atoms with Gasteiger partial charge in [0.15, 0.2) is 5.82 Å². The van der Waals surface area contributed by atoms with E-state index in [1.165, 1.54) is 6.07 Å². The van der Waals surface area contributed by atoms with E-state index in [0.29, 0.717) is 35.1 Å². The predicted octanol–water partition coefficient (Wildman–Crippen LogP) is 5.37. The molecule has 4 nitrogen and oxygen atoms in total. The number of nitrogens with zero attached hydrogens (tertiary/aromatic N) is 3. The minimum absolute atomic E-state index is 0.0273. The lowest BCUT2D eigenvalue weighted by molar-refractivity contribution is 0.222. The third-order valence-corrected chi connectivity index (χ3v) is 4.37. The molecule has 1 aromatic carbocycles. The molecule has 138 valence electrons. The second-order valence-electron chi connectivity index (χ2n) is 7.26. The highest BCUT2D eigenvalue weighted by atomic mass is 19.1. The molecule has 0 fully saturated rings. The largest absolute Gasteiger partial charge is 0.475 e. The van der Waals surface area contributed by atoms with Gasteiger partial charge in [-0.25, -0.2) is 9.37 Å². The third kappa shape index (κ3) is 4.40. The molecular formula is C22H22FN3O. The van der Waals surface area contributed by atoms with Gasteiger partial charge in [-0.3, -0.25) is 4.98 Å². The van der Waals surface area contributed by atoms with E-state index in [0.717, 1.165) is 17.4 Å². The first-order chi connectivity index (χ1) is 13.0. The molecule has 0 aliphatic rings. The number of pyridine rings is 2. The zero-order chi connectivity index (χ0) is 19.4. The van der Waals surface area contributed by atoms with Crippen LogP contribution in [0.4, 0.5) is 4.39 Å². The quantitative estimate of drug-likeness (QED) is 0.591. The normalized spacial score (nSPS) is 12.1. The molecule has 0 aliphatic heterocycles. The van der Waals surface area contributed by atoms with E-state index in [1.807, 2.05) is 12.1 Å². The van der Waals surface area contributed by atoms with Crippen LogP contribution in [0.5, 0.6) is 5.88 Å². The van der Waals surface area contributed by atoms with Crippen molar-refractivity contribution >= 4 is 10.9 Å². The predicted molar refractivity (Wildman–Crippen MR) is 104 cm³/mol. The standard InChI is InChI=1S/C22H22FN3O/c1-14(2)8-15(3)13-27-22-20(23)10-17(12-26-22)18-6-7-25-21-9-16(11-24)4-5-19(18)21/h4-7,9-10,12,14-15H,8,13H2,1-3H3/t15-/m1/s1. The maximum absolute atomic E-state index is 14.5. The number of aromatic nitrogens is 2. The molecule has 0 N–H and O–H groups in total. The van der Waals surface area contributed by atoms with Crippen LogP contribution in [0.2, 0.25) is 0 Å². The summed E-state index contributed by atoms with van der Waals surface area (Å²) in [6.45, 7) is 6.84. The summed E-state index contributed by atoms with van der Waals surface area (Å²) in [7, 11) is 0. The van der Waals surface area contributed by atoms with Crippen LogP contribution in [0.15, 0.2) is 42.7 Å². The Morgan fingerprint density at radius 2 is 1.96 bits per heavy atom. The van der Waals surface area contributed by atoms with Crippen molar-refractivity contribution in [2.75, 3.05) is 6.61 Å². The van der Waals surface area contributed by atoms with Crippen LogP contribution in [0.1, 0.15) is 32.8 Å². The first-order valence-electron chi connectivity index (χ1n) is 9.05. The van der Waals surface area contributed by atoms with Gasteiger partial charge in [0.1, 0.15) is 0 Å². The van der Waals surface area contributed by atoms with Crippen molar-refractivity contribution in [1.29, 1.82) is 5.26 Å². The lowest BCUT2D eigenvalue weighted by Crippen LogP contribution is -2.12. The molecular weight excluding hydrogens is 341 g/mol. The number of benzene rings is 1. The van der Waals surface area contributed by atoms with Gasteiger partial charge in [0.05, 0.1) is 23.8 Å². The summed E-state index contributed by atoms with van der Waals surface area (Å²) < 4.78 is 20.1. The summed E-state index contributed by atoms with van der Waals surface area (Å²) in [5.41, 5.74) is 2.69. The van der Waals surface area contributed by atoms with E-state index in [9.17, 15) is 4.39 Å². The van der Waals surface area contributed by atoms with E-state index >= 15 is 0 Å². The summed E-state index contributed by atoms with van der Waals surface area (Å²) in [5.74, 6) is 0.456. The molecule has 0 amide bonds. The Labute approximate surface area is 158 Å². The molecule has 27 heavy (non-hydrogen) atoms. The van der Waals surface area contributed by atoms with Gasteiger partial charge in [-0.15, -0.1) is 0 Å². The second-order valence-corrected chi connectivity index (χ2v) is 7.26. The van der Waals surface area contributed by atoms with Gasteiger partial charge in [0.2, 0.25) is 5.88 Å². The first kappa shape index (κ1) is 18.8. The molecule has 2 heterocycles. The number of ether oxygens (including phenoxy) is 1. The van der Waals surface area contributed by atoms with Crippen molar-refractivity contribution in [2.24, 2.45) is 11.8 Å². The van der Waals surface area contributed by atoms with Crippen molar-refractivity contribution in [3.63, 3.8) is 0 Å². The van der Waals surface area contributed by atoms with Crippen molar-refractivity contribution in [3.8, 4) is 23.1 Å². The molecule has 2 aromatic heterocycles. The molecule has 0 unspecified atom stereocenters. The van der Waals surface area contributed by atoms with Gasteiger partial charge >= 0.3 is 0 Å². The smallest absolute Gasteiger partial charge is 0.250 e. The Hall–Kier alpha value is -3.00. The van der Waals surface area contributed by atoms with Gasteiger partial charge in [0.25, 0.3) is 0 Å². The van der Waals surface area contributed by atoms with Crippen molar-refractivity contribution in [3.05, 3.63) is 54.1 Å². The second kappa shape index (κ2) is 8.13. The highest BCUT2D eigenvalue weighted by molar-refractivity contribution is 5.94. The number of nitriles is 1. The number of rotatable bonds is 6. The fourth-order valence-corrected chi connectivity index (χ4v) is 3.24. The Balaban J connectivity index is 1.86. The monoisotopic (exact) mass is 363 g/mol. The van der Waals surface area contributed by atoms with E-state index < -0.39 is 5.82 Å². The summed E-state index contributed by atoms with van der Waals surface area (Å²) in [6.07, 6.45) is 4.28. The molecule has 1 atom stereocenters. The topological polar surface area (TPSA) is 58.8 Å². The Morgan fingerprint density at radius 3 is 2.67 bits per heavy atom. The fraction of sp³-hybridized carbons (Fsp3) is 0.318. The van der Waals surface area contributed by atoms with E-state index in [4.69, 9.17) is 10.00 Å². The van der Waals surface area contributed by atoms with Crippen molar-refractivity contribution < 1.29 is 9.13 Å². The highest BCUT2D eigenvalue weighted by Gasteiger charge is 2.13. The Bertz CT molecular complexity index is 995. The van der Waals surface area contributed by atoms with Crippen LogP contribution in [0.3, 0.4) is 0 Å². The lowest BCUT2D eigenvalue weighted by atomic mass is 10.00. The summed E-state index contributed by atoms with van der Waals surface area (Å²) in [4.78, 5) is 8.47. The zero-order valence-electron chi connectivity index (χ0n) is 15.7. The minimum Gasteiger partial charge on any atom is -0.475 e. The fourth-order valence-electron chi connectivity index (χ4n) is 3.24. The van der Waals surface area contributed by atoms with Crippen LogP contribution in [-0.2, 0) is 0 Å². The van der Waals surface area contributed by atoms with E-state index in [-0.39, 0.29) is 5.88 Å². The van der Waals surface area contributed by atoms with Gasteiger partial charge in [-0.05, 0) is 48.1 Å². The molecule has 0 spiro atoms. The number of halogens is 1. The van der Waals surface area contributed by atoms with E-state index in [2.05, 4.69) is 36.8 Å². The van der Waals surface area contributed by atoms with Gasteiger partial charge in [-0.2, -0.15) is 5.26 Å². The third-order valence-electron chi connectivity index (χ3n) is 4.37. The first-order valence-corrected chi connectivity index (χ1v) is 9.05. The SMILES string of the molecule is CC(C)C[C@@H](C)COc1ncc(-c2ccnc3cc(C#N)ccc23)cc1F. The molecule has 0 saturated heterocycles. The van der Waals surface area contributed by atoms with E-state index in [1.54, 1.807) is 24.5 Å². The van der Waals surface area contributed by atoms with Crippen LogP contribution < -0.4 is 4.74 Å². The molecule has 0 aliphatic carbocycles. The van der Waals surface area contributed by atoms with Gasteiger partial charge < -0.3 is 4.74 Å². The maximum atomic E-state index is 14.5. The van der Waals surface area contributed by atoms with Gasteiger partial charge in [-0.1, -0.05) is 26.8 Å². The van der Waals surface area contributed by atoms with Gasteiger partial charge in [0, 0.05) is 23.3 Å². The number of hydrogen-bond donors (Lipinski definition) is 0. The van der Waals surface area contributed by atoms with Crippen LogP contribution >= 0.6 is 0 Å². The average Bonchev–Trinajstić information content (AvgIpc) is 2.65.